The molecule has 0 spiro atoms. The summed E-state index contributed by atoms with van der Waals surface area (Å²) in [6.45, 7) is 14.1. The van der Waals surface area contributed by atoms with Crippen molar-refractivity contribution in [1.29, 1.82) is 0 Å². The number of hydrogen-bond acceptors (Lipinski definition) is 5. The van der Waals surface area contributed by atoms with Gasteiger partial charge in [-0.15, -0.1) is 24.0 Å². The molecular weight excluding hydrogens is 517 g/mol. The van der Waals surface area contributed by atoms with Gasteiger partial charge in [0.05, 0.1) is 26.4 Å². The molecule has 2 atom stereocenters. The molecule has 2 heterocycles. The summed E-state index contributed by atoms with van der Waals surface area (Å²) in [6, 6.07) is 8.84. The molecule has 2 N–H and O–H groups in total. The quantitative estimate of drug-likeness (QED) is 0.261. The molecule has 182 valence electrons. The summed E-state index contributed by atoms with van der Waals surface area (Å²) < 4.78 is 10.8. The highest BCUT2D eigenvalue weighted by atomic mass is 127. The van der Waals surface area contributed by atoms with E-state index in [1.165, 1.54) is 18.4 Å². The Morgan fingerprint density at radius 2 is 1.78 bits per heavy atom. The third-order valence-corrected chi connectivity index (χ3v) is 6.12. The van der Waals surface area contributed by atoms with E-state index in [1.807, 2.05) is 0 Å². The first-order valence-electron chi connectivity index (χ1n) is 11.9. The fourth-order valence-corrected chi connectivity index (χ4v) is 4.40. The van der Waals surface area contributed by atoms with Crippen LogP contribution in [0.2, 0.25) is 0 Å². The first-order chi connectivity index (χ1) is 15.2. The highest BCUT2D eigenvalue weighted by Gasteiger charge is 2.24. The molecule has 0 amide bonds. The van der Waals surface area contributed by atoms with Gasteiger partial charge in [0.25, 0.3) is 0 Å². The van der Waals surface area contributed by atoms with E-state index in [9.17, 15) is 0 Å². The van der Waals surface area contributed by atoms with E-state index in [-0.39, 0.29) is 24.0 Å². The molecule has 8 heteroatoms. The molecule has 32 heavy (non-hydrogen) atoms. The lowest BCUT2D eigenvalue weighted by Crippen LogP contribution is -2.43. The summed E-state index contributed by atoms with van der Waals surface area (Å²) >= 11 is 0. The Kier molecular flexibility index (Phi) is 12.7. The van der Waals surface area contributed by atoms with Crippen LogP contribution in [-0.4, -0.2) is 88.4 Å². The van der Waals surface area contributed by atoms with Crippen LogP contribution in [0.3, 0.4) is 0 Å². The lowest BCUT2D eigenvalue weighted by molar-refractivity contribution is 0.0323. The highest BCUT2D eigenvalue weighted by molar-refractivity contribution is 14.0. The van der Waals surface area contributed by atoms with Crippen molar-refractivity contribution in [2.45, 2.75) is 32.7 Å². The van der Waals surface area contributed by atoms with Crippen LogP contribution < -0.4 is 15.4 Å². The zero-order chi connectivity index (χ0) is 21.9. The molecule has 7 nitrogen and oxygen atoms in total. The van der Waals surface area contributed by atoms with Crippen molar-refractivity contribution in [3.8, 4) is 5.75 Å². The molecule has 0 bridgehead atoms. The van der Waals surface area contributed by atoms with Crippen LogP contribution in [-0.2, 0) is 4.74 Å². The van der Waals surface area contributed by atoms with Gasteiger partial charge in [-0.2, -0.15) is 0 Å². The van der Waals surface area contributed by atoms with Crippen molar-refractivity contribution in [2.75, 3.05) is 72.7 Å². The van der Waals surface area contributed by atoms with Crippen LogP contribution in [0.4, 0.5) is 0 Å². The topological polar surface area (TPSA) is 61.4 Å². The predicted molar refractivity (Wildman–Crippen MR) is 142 cm³/mol. The minimum atomic E-state index is 0. The number of rotatable bonds is 10. The average Bonchev–Trinajstić information content (AvgIpc) is 3.33. The molecule has 3 rings (SSSR count). The van der Waals surface area contributed by atoms with E-state index >= 15 is 0 Å². The molecule has 0 aliphatic carbocycles. The number of likely N-dealkylation sites (tertiary alicyclic amines) is 1. The average molecular weight is 560 g/mol. The number of morpholine rings is 1. The summed E-state index contributed by atoms with van der Waals surface area (Å²) in [6.07, 6.45) is 2.56. The van der Waals surface area contributed by atoms with Gasteiger partial charge < -0.3 is 20.1 Å². The van der Waals surface area contributed by atoms with Gasteiger partial charge in [0, 0.05) is 39.3 Å². The fourth-order valence-electron chi connectivity index (χ4n) is 4.40. The van der Waals surface area contributed by atoms with Crippen molar-refractivity contribution < 1.29 is 9.47 Å². The van der Waals surface area contributed by atoms with Crippen LogP contribution in [0.5, 0.6) is 5.75 Å². The number of halogens is 1. The van der Waals surface area contributed by atoms with Crippen molar-refractivity contribution >= 4 is 29.9 Å². The van der Waals surface area contributed by atoms with Gasteiger partial charge >= 0.3 is 0 Å². The highest BCUT2D eigenvalue weighted by Crippen LogP contribution is 2.26. The molecule has 2 aliphatic heterocycles. The maximum absolute atomic E-state index is 5.46. The first-order valence-corrected chi connectivity index (χ1v) is 11.9. The summed E-state index contributed by atoms with van der Waals surface area (Å²) in [5.41, 5.74) is 1.33. The third kappa shape index (κ3) is 8.68. The van der Waals surface area contributed by atoms with Gasteiger partial charge in [0.2, 0.25) is 0 Å². The Bertz CT molecular complexity index is 661. The maximum Gasteiger partial charge on any atom is 0.191 e. The van der Waals surface area contributed by atoms with E-state index in [2.05, 4.69) is 58.5 Å². The van der Waals surface area contributed by atoms with Gasteiger partial charge in [-0.3, -0.25) is 14.8 Å². The SMILES string of the molecule is CCNC(=NCC(C)CN1CCOCC1)NCC(c1ccc(OC)cc1)N1CCCC1.I. The number of nitrogens with zero attached hydrogens (tertiary/aromatic N) is 3. The maximum atomic E-state index is 5.46. The second-order valence-corrected chi connectivity index (χ2v) is 8.65. The van der Waals surface area contributed by atoms with Crippen LogP contribution >= 0.6 is 24.0 Å². The number of guanidine groups is 1. The van der Waals surface area contributed by atoms with Crippen molar-refractivity contribution in [2.24, 2.45) is 10.9 Å². The second kappa shape index (κ2) is 14.9. The summed E-state index contributed by atoms with van der Waals surface area (Å²) in [5.74, 6) is 2.33. The molecule has 0 saturated carbocycles. The lowest BCUT2D eigenvalue weighted by atomic mass is 10.1. The predicted octanol–water partition coefficient (Wildman–Crippen LogP) is 2.97. The van der Waals surface area contributed by atoms with Crippen LogP contribution in [0.25, 0.3) is 0 Å². The molecule has 0 aromatic heterocycles. The summed E-state index contributed by atoms with van der Waals surface area (Å²) in [4.78, 5) is 9.96. The standard InChI is InChI=1S/C24H41N5O2.HI/c1-4-25-24(26-17-20(2)19-28-13-15-31-16-14-28)27-18-23(29-11-5-6-12-29)21-7-9-22(30-3)10-8-21;/h7-10,20,23H,4-6,11-19H2,1-3H3,(H2,25,26,27);1H. The van der Waals surface area contributed by atoms with E-state index in [1.54, 1.807) is 7.11 Å². The Morgan fingerprint density at radius 3 is 2.41 bits per heavy atom. The molecule has 2 fully saturated rings. The molecule has 2 aliphatic rings. The minimum absolute atomic E-state index is 0. The van der Waals surface area contributed by atoms with Crippen molar-refractivity contribution in [3.05, 3.63) is 29.8 Å². The van der Waals surface area contributed by atoms with Gasteiger partial charge in [-0.25, -0.2) is 0 Å². The lowest BCUT2D eigenvalue weighted by Gasteiger charge is -2.29. The Morgan fingerprint density at radius 1 is 1.09 bits per heavy atom. The Hall–Kier alpha value is -1.10. The van der Waals surface area contributed by atoms with Crippen LogP contribution in [0, 0.1) is 5.92 Å². The van der Waals surface area contributed by atoms with Gasteiger partial charge in [-0.05, 0) is 56.5 Å². The molecule has 2 saturated heterocycles. The number of benzene rings is 1. The van der Waals surface area contributed by atoms with E-state index in [0.717, 1.165) is 77.3 Å². The second-order valence-electron chi connectivity index (χ2n) is 8.65. The zero-order valence-electron chi connectivity index (χ0n) is 20.0. The molecular formula is C24H42IN5O2. The zero-order valence-corrected chi connectivity index (χ0v) is 22.3. The van der Waals surface area contributed by atoms with Gasteiger partial charge in [0.15, 0.2) is 5.96 Å². The van der Waals surface area contributed by atoms with Crippen LogP contribution in [0.1, 0.15) is 38.3 Å². The first kappa shape index (κ1) is 27.1. The summed E-state index contributed by atoms with van der Waals surface area (Å²) in [7, 11) is 1.72. The fraction of sp³-hybridized carbons (Fsp3) is 0.708. The number of aliphatic imine (C=N–C) groups is 1. The molecule has 1 aromatic carbocycles. The molecule has 1 aromatic rings. The Balaban J connectivity index is 0.00000363. The van der Waals surface area contributed by atoms with E-state index < -0.39 is 0 Å². The summed E-state index contributed by atoms with van der Waals surface area (Å²) in [5, 5.41) is 7.04. The number of methoxy groups -OCH3 is 1. The van der Waals surface area contributed by atoms with Crippen molar-refractivity contribution in [1.82, 2.24) is 20.4 Å². The van der Waals surface area contributed by atoms with E-state index in [4.69, 9.17) is 14.5 Å². The van der Waals surface area contributed by atoms with Gasteiger partial charge in [0.1, 0.15) is 5.75 Å². The number of hydrogen-bond donors (Lipinski definition) is 2. The van der Waals surface area contributed by atoms with Crippen LogP contribution in [0.15, 0.2) is 29.3 Å². The van der Waals surface area contributed by atoms with E-state index in [0.29, 0.717) is 12.0 Å². The Labute approximate surface area is 211 Å². The smallest absolute Gasteiger partial charge is 0.191 e. The third-order valence-electron chi connectivity index (χ3n) is 6.12. The number of ether oxygens (including phenoxy) is 2. The minimum Gasteiger partial charge on any atom is -0.497 e. The normalized spacial score (nSPS) is 19.8. The number of nitrogens with one attached hydrogen (secondary N) is 2. The van der Waals surface area contributed by atoms with Crippen molar-refractivity contribution in [3.63, 3.8) is 0 Å². The molecule has 0 radical (unpaired) electrons. The molecule has 2 unspecified atom stereocenters. The monoisotopic (exact) mass is 559 g/mol. The van der Waals surface area contributed by atoms with Gasteiger partial charge in [-0.1, -0.05) is 19.1 Å². The largest absolute Gasteiger partial charge is 0.497 e.